The molecular weight excluding hydrogens is 270 g/mol. The molecule has 0 N–H and O–H groups in total. The molecule has 1 heterocycles. The molecule has 1 aliphatic carbocycles. The Labute approximate surface area is 135 Å². The standard InChI is InChI=1S/C20H31NO/c1-2-3-4-5-6-7-17-8-11-19(12-9-17)20-13-10-18(14-15-22)16-21-20/h10,13,15-17,19H,2-9,11-12,14H2,1H3. The third kappa shape index (κ3) is 5.55. The Bertz CT molecular complexity index is 418. The maximum Gasteiger partial charge on any atom is 0.124 e. The lowest BCUT2D eigenvalue weighted by Gasteiger charge is -2.28. The summed E-state index contributed by atoms with van der Waals surface area (Å²) in [6, 6.07) is 4.20. The van der Waals surface area contributed by atoms with Gasteiger partial charge in [0.05, 0.1) is 0 Å². The van der Waals surface area contributed by atoms with Crippen LogP contribution in [0.25, 0.3) is 0 Å². The van der Waals surface area contributed by atoms with E-state index in [1.54, 1.807) is 0 Å². The van der Waals surface area contributed by atoms with Crippen LogP contribution in [0.5, 0.6) is 0 Å². The molecular formula is C20H31NO. The van der Waals surface area contributed by atoms with Crippen LogP contribution in [0.15, 0.2) is 18.3 Å². The minimum Gasteiger partial charge on any atom is -0.303 e. The molecule has 2 nitrogen and oxygen atoms in total. The number of carbonyl (C=O) groups excluding carboxylic acids is 1. The zero-order valence-corrected chi connectivity index (χ0v) is 14.1. The highest BCUT2D eigenvalue weighted by Crippen LogP contribution is 2.37. The van der Waals surface area contributed by atoms with Crippen molar-refractivity contribution < 1.29 is 4.79 Å². The lowest BCUT2D eigenvalue weighted by Crippen LogP contribution is -2.14. The Morgan fingerprint density at radius 3 is 2.50 bits per heavy atom. The molecule has 0 saturated heterocycles. The van der Waals surface area contributed by atoms with E-state index in [4.69, 9.17) is 0 Å². The van der Waals surface area contributed by atoms with Gasteiger partial charge in [0.15, 0.2) is 0 Å². The molecule has 0 amide bonds. The van der Waals surface area contributed by atoms with Crippen LogP contribution in [-0.4, -0.2) is 11.3 Å². The lowest BCUT2D eigenvalue weighted by molar-refractivity contribution is -0.107. The molecule has 2 heteroatoms. The van der Waals surface area contributed by atoms with Gasteiger partial charge in [-0.15, -0.1) is 0 Å². The summed E-state index contributed by atoms with van der Waals surface area (Å²) in [6.45, 7) is 2.28. The predicted octanol–water partition coefficient (Wildman–Crippen LogP) is 5.46. The average Bonchev–Trinajstić information content (AvgIpc) is 2.56. The van der Waals surface area contributed by atoms with Crippen LogP contribution in [-0.2, 0) is 11.2 Å². The van der Waals surface area contributed by atoms with Crippen molar-refractivity contribution in [2.75, 3.05) is 0 Å². The summed E-state index contributed by atoms with van der Waals surface area (Å²) in [7, 11) is 0. The first-order chi connectivity index (χ1) is 10.8. The van der Waals surface area contributed by atoms with Crippen LogP contribution in [0.1, 0.15) is 88.3 Å². The van der Waals surface area contributed by atoms with E-state index in [1.807, 2.05) is 6.20 Å². The number of hydrogen-bond donors (Lipinski definition) is 0. The third-order valence-electron chi connectivity index (χ3n) is 5.15. The summed E-state index contributed by atoms with van der Waals surface area (Å²) in [5.74, 6) is 1.59. The van der Waals surface area contributed by atoms with Gasteiger partial charge in [-0.1, -0.05) is 51.5 Å². The number of aldehydes is 1. The molecule has 0 spiro atoms. The quantitative estimate of drug-likeness (QED) is 0.448. The van der Waals surface area contributed by atoms with E-state index in [0.29, 0.717) is 12.3 Å². The normalized spacial score (nSPS) is 21.7. The Kier molecular flexibility index (Phi) is 7.62. The van der Waals surface area contributed by atoms with Crippen molar-refractivity contribution in [3.8, 4) is 0 Å². The monoisotopic (exact) mass is 301 g/mol. The zero-order chi connectivity index (χ0) is 15.6. The first-order valence-corrected chi connectivity index (χ1v) is 9.22. The Balaban J connectivity index is 1.69. The Morgan fingerprint density at radius 1 is 1.09 bits per heavy atom. The zero-order valence-electron chi connectivity index (χ0n) is 14.1. The molecule has 0 bridgehead atoms. The summed E-state index contributed by atoms with van der Waals surface area (Å²) in [6.07, 6.45) is 17.1. The largest absolute Gasteiger partial charge is 0.303 e. The first kappa shape index (κ1) is 17.2. The topological polar surface area (TPSA) is 30.0 Å². The summed E-state index contributed by atoms with van der Waals surface area (Å²) < 4.78 is 0. The highest BCUT2D eigenvalue weighted by atomic mass is 16.1. The number of nitrogens with zero attached hydrogens (tertiary/aromatic N) is 1. The smallest absolute Gasteiger partial charge is 0.124 e. The van der Waals surface area contributed by atoms with Crippen LogP contribution in [0.3, 0.4) is 0 Å². The second kappa shape index (κ2) is 9.76. The second-order valence-corrected chi connectivity index (χ2v) is 6.88. The molecule has 1 aromatic rings. The van der Waals surface area contributed by atoms with Crippen LogP contribution in [0.4, 0.5) is 0 Å². The first-order valence-electron chi connectivity index (χ1n) is 9.22. The molecule has 0 aromatic carbocycles. The number of unbranched alkanes of at least 4 members (excludes halogenated alkanes) is 4. The summed E-state index contributed by atoms with van der Waals surface area (Å²) in [5, 5.41) is 0. The molecule has 1 aliphatic rings. The number of carbonyl (C=O) groups is 1. The molecule has 0 radical (unpaired) electrons. The summed E-state index contributed by atoms with van der Waals surface area (Å²) in [5.41, 5.74) is 2.26. The van der Waals surface area contributed by atoms with Gasteiger partial charge in [-0.25, -0.2) is 0 Å². The van der Waals surface area contributed by atoms with Crippen LogP contribution in [0.2, 0.25) is 0 Å². The fraction of sp³-hybridized carbons (Fsp3) is 0.700. The number of hydrogen-bond acceptors (Lipinski definition) is 2. The number of rotatable bonds is 9. The lowest BCUT2D eigenvalue weighted by atomic mass is 9.78. The van der Waals surface area contributed by atoms with E-state index in [9.17, 15) is 4.79 Å². The van der Waals surface area contributed by atoms with Gasteiger partial charge in [0.1, 0.15) is 6.29 Å². The molecule has 1 saturated carbocycles. The molecule has 1 aromatic heterocycles. The summed E-state index contributed by atoms with van der Waals surface area (Å²) >= 11 is 0. The van der Waals surface area contributed by atoms with Crippen molar-refractivity contribution in [1.29, 1.82) is 0 Å². The van der Waals surface area contributed by atoms with E-state index >= 15 is 0 Å². The van der Waals surface area contributed by atoms with Gasteiger partial charge in [-0.05, 0) is 43.2 Å². The van der Waals surface area contributed by atoms with Crippen molar-refractivity contribution >= 4 is 6.29 Å². The maximum atomic E-state index is 10.5. The van der Waals surface area contributed by atoms with Gasteiger partial charge in [-0.2, -0.15) is 0 Å². The van der Waals surface area contributed by atoms with Crippen molar-refractivity contribution in [3.05, 3.63) is 29.6 Å². The van der Waals surface area contributed by atoms with E-state index in [0.717, 1.165) is 17.8 Å². The molecule has 0 unspecified atom stereocenters. The van der Waals surface area contributed by atoms with Gasteiger partial charge in [-0.3, -0.25) is 4.98 Å². The average molecular weight is 301 g/mol. The minimum atomic E-state index is 0.484. The maximum absolute atomic E-state index is 10.5. The van der Waals surface area contributed by atoms with Crippen molar-refractivity contribution in [1.82, 2.24) is 4.98 Å². The van der Waals surface area contributed by atoms with Crippen LogP contribution >= 0.6 is 0 Å². The van der Waals surface area contributed by atoms with E-state index in [1.165, 1.54) is 69.9 Å². The van der Waals surface area contributed by atoms with Crippen molar-refractivity contribution in [2.24, 2.45) is 5.92 Å². The highest BCUT2D eigenvalue weighted by molar-refractivity contribution is 5.54. The molecule has 2 rings (SSSR count). The highest BCUT2D eigenvalue weighted by Gasteiger charge is 2.22. The molecule has 22 heavy (non-hydrogen) atoms. The SMILES string of the molecule is CCCCCCCC1CCC(c2ccc(CC=O)cn2)CC1. The second-order valence-electron chi connectivity index (χ2n) is 6.88. The van der Waals surface area contributed by atoms with Crippen molar-refractivity contribution in [2.45, 2.75) is 83.5 Å². The van der Waals surface area contributed by atoms with E-state index in [-0.39, 0.29) is 0 Å². The van der Waals surface area contributed by atoms with Crippen molar-refractivity contribution in [3.63, 3.8) is 0 Å². The van der Waals surface area contributed by atoms with Gasteiger partial charge in [0, 0.05) is 24.2 Å². The van der Waals surface area contributed by atoms with Gasteiger partial charge >= 0.3 is 0 Å². The van der Waals surface area contributed by atoms with Gasteiger partial charge < -0.3 is 4.79 Å². The number of aromatic nitrogens is 1. The fourth-order valence-corrected chi connectivity index (χ4v) is 3.68. The van der Waals surface area contributed by atoms with Crippen LogP contribution in [0, 0.1) is 5.92 Å². The third-order valence-corrected chi connectivity index (χ3v) is 5.15. The Morgan fingerprint density at radius 2 is 1.86 bits per heavy atom. The Hall–Kier alpha value is -1.18. The molecule has 1 fully saturated rings. The fourth-order valence-electron chi connectivity index (χ4n) is 3.68. The summed E-state index contributed by atoms with van der Waals surface area (Å²) in [4.78, 5) is 15.1. The van der Waals surface area contributed by atoms with Crippen LogP contribution < -0.4 is 0 Å². The molecule has 122 valence electrons. The number of pyridine rings is 1. The van der Waals surface area contributed by atoms with E-state index < -0.39 is 0 Å². The molecule has 0 atom stereocenters. The molecule has 0 aliphatic heterocycles. The predicted molar refractivity (Wildman–Crippen MR) is 92.1 cm³/mol. The minimum absolute atomic E-state index is 0.484. The van der Waals surface area contributed by atoms with Gasteiger partial charge in [0.25, 0.3) is 0 Å². The van der Waals surface area contributed by atoms with E-state index in [2.05, 4.69) is 24.0 Å². The van der Waals surface area contributed by atoms with Gasteiger partial charge in [0.2, 0.25) is 0 Å².